The van der Waals surface area contributed by atoms with E-state index >= 15 is 0 Å². The van der Waals surface area contributed by atoms with Crippen molar-refractivity contribution in [1.82, 2.24) is 0 Å². The molecule has 102 valence electrons. The number of para-hydroxylation sites is 1. The number of fused-ring (bicyclic) bond motifs is 2. The Kier molecular flexibility index (Phi) is 2.94. The minimum absolute atomic E-state index is 0.0241. The Bertz CT molecular complexity index is 516. The van der Waals surface area contributed by atoms with Gasteiger partial charge in [0, 0.05) is 11.5 Å². The van der Waals surface area contributed by atoms with Gasteiger partial charge in [0.05, 0.1) is 11.7 Å². The number of aromatic hydroxyl groups is 1. The van der Waals surface area contributed by atoms with Gasteiger partial charge in [-0.15, -0.1) is 0 Å². The van der Waals surface area contributed by atoms with Gasteiger partial charge in [0.25, 0.3) is 0 Å². The van der Waals surface area contributed by atoms with Gasteiger partial charge >= 0.3 is 0 Å². The van der Waals surface area contributed by atoms with Crippen LogP contribution >= 0.6 is 0 Å². The number of hydrogen-bond donors (Lipinski definition) is 1. The molecule has 0 aromatic heterocycles. The number of allylic oxidation sites excluding steroid dienone is 1. The van der Waals surface area contributed by atoms with Crippen molar-refractivity contribution in [2.24, 2.45) is 11.8 Å². The van der Waals surface area contributed by atoms with Crippen molar-refractivity contribution in [3.05, 3.63) is 41.5 Å². The molecule has 1 N–H and O–H groups in total. The van der Waals surface area contributed by atoms with E-state index in [9.17, 15) is 5.11 Å². The Hall–Kier alpha value is -1.28. The predicted molar refractivity (Wildman–Crippen MR) is 76.0 cm³/mol. The van der Waals surface area contributed by atoms with Gasteiger partial charge in [-0.2, -0.15) is 0 Å². The van der Waals surface area contributed by atoms with Gasteiger partial charge in [-0.1, -0.05) is 29.8 Å². The first-order valence-corrected chi connectivity index (χ1v) is 7.11. The molecule has 0 saturated carbocycles. The molecule has 1 aliphatic heterocycles. The van der Waals surface area contributed by atoms with Gasteiger partial charge in [-0.05, 0) is 45.6 Å². The van der Waals surface area contributed by atoms with Crippen LogP contribution in [0.3, 0.4) is 0 Å². The molecule has 19 heavy (non-hydrogen) atoms. The van der Waals surface area contributed by atoms with Crippen LogP contribution in [0.5, 0.6) is 5.75 Å². The standard InChI is InChI=1S/C17H22O2/c1-11-8-9-12-10-14(11)16(19-17(12,2)3)13-6-4-5-7-15(13)18/h4-8,12,14,16,18H,9-10H2,1-3H3/t12-,14+,16+/m0/s1. The molecule has 3 rings (SSSR count). The topological polar surface area (TPSA) is 29.5 Å². The summed E-state index contributed by atoms with van der Waals surface area (Å²) in [5, 5.41) is 10.1. The van der Waals surface area contributed by atoms with Crippen LogP contribution in [0.1, 0.15) is 45.3 Å². The Labute approximate surface area is 115 Å². The minimum Gasteiger partial charge on any atom is -0.508 e. The highest BCUT2D eigenvalue weighted by Gasteiger charge is 2.45. The molecule has 2 aliphatic rings. The van der Waals surface area contributed by atoms with E-state index in [4.69, 9.17) is 4.74 Å². The third-order valence-corrected chi connectivity index (χ3v) is 4.87. The highest BCUT2D eigenvalue weighted by Crippen LogP contribution is 2.52. The van der Waals surface area contributed by atoms with Gasteiger partial charge in [0.1, 0.15) is 5.75 Å². The highest BCUT2D eigenvalue weighted by molar-refractivity contribution is 5.36. The summed E-state index contributed by atoms with van der Waals surface area (Å²) in [5.41, 5.74) is 2.20. The van der Waals surface area contributed by atoms with Gasteiger partial charge < -0.3 is 9.84 Å². The number of rotatable bonds is 1. The Balaban J connectivity index is 2.03. The quantitative estimate of drug-likeness (QED) is 0.764. The molecule has 1 aromatic carbocycles. The van der Waals surface area contributed by atoms with E-state index < -0.39 is 0 Å². The van der Waals surface area contributed by atoms with Crippen LogP contribution in [0.25, 0.3) is 0 Å². The van der Waals surface area contributed by atoms with Crippen LogP contribution in [0, 0.1) is 11.8 Å². The van der Waals surface area contributed by atoms with Crippen molar-refractivity contribution in [1.29, 1.82) is 0 Å². The van der Waals surface area contributed by atoms with Crippen molar-refractivity contribution >= 4 is 0 Å². The second-order valence-corrected chi connectivity index (χ2v) is 6.42. The maximum Gasteiger partial charge on any atom is 0.121 e. The number of phenols is 1. The van der Waals surface area contributed by atoms with Gasteiger partial charge in [-0.3, -0.25) is 0 Å². The van der Waals surface area contributed by atoms with E-state index in [0.29, 0.717) is 17.6 Å². The average Bonchev–Trinajstić information content (AvgIpc) is 2.37. The lowest BCUT2D eigenvalue weighted by atomic mass is 9.68. The molecule has 0 unspecified atom stereocenters. The Morgan fingerprint density at radius 3 is 2.74 bits per heavy atom. The fourth-order valence-corrected chi connectivity index (χ4v) is 3.51. The molecule has 1 fully saturated rings. The summed E-state index contributed by atoms with van der Waals surface area (Å²) in [4.78, 5) is 0. The van der Waals surface area contributed by atoms with E-state index in [1.165, 1.54) is 5.57 Å². The van der Waals surface area contributed by atoms with E-state index in [2.05, 4.69) is 26.8 Å². The van der Waals surface area contributed by atoms with E-state index in [-0.39, 0.29) is 11.7 Å². The van der Waals surface area contributed by atoms with Gasteiger partial charge in [0.2, 0.25) is 0 Å². The third-order valence-electron chi connectivity index (χ3n) is 4.87. The predicted octanol–water partition coefficient (Wildman–Crippen LogP) is 4.21. The van der Waals surface area contributed by atoms with Crippen LogP contribution in [-0.4, -0.2) is 10.7 Å². The summed E-state index contributed by atoms with van der Waals surface area (Å²) in [6.45, 7) is 6.54. The summed E-state index contributed by atoms with van der Waals surface area (Å²) in [5.74, 6) is 1.34. The lowest BCUT2D eigenvalue weighted by molar-refractivity contribution is -0.167. The second-order valence-electron chi connectivity index (χ2n) is 6.42. The first kappa shape index (κ1) is 12.7. The molecule has 3 atom stereocenters. The fraction of sp³-hybridized carbons (Fsp3) is 0.529. The van der Waals surface area contributed by atoms with Crippen molar-refractivity contribution in [3.63, 3.8) is 0 Å². The number of phenolic OH excluding ortho intramolecular Hbond substituents is 1. The SMILES string of the molecule is CC1=CC[C@H]2C[C@H]1[C@@H](c1ccccc1O)OC2(C)C. The van der Waals surface area contributed by atoms with Gasteiger partial charge in [-0.25, -0.2) is 0 Å². The summed E-state index contributed by atoms with van der Waals surface area (Å²) >= 11 is 0. The molecular weight excluding hydrogens is 236 g/mol. The molecular formula is C17H22O2. The second kappa shape index (κ2) is 4.38. The maximum atomic E-state index is 10.1. The molecule has 1 aliphatic carbocycles. The molecule has 1 saturated heterocycles. The third kappa shape index (κ3) is 2.08. The fourth-order valence-electron chi connectivity index (χ4n) is 3.51. The molecule has 0 amide bonds. The normalized spacial score (nSPS) is 32.8. The van der Waals surface area contributed by atoms with Crippen molar-refractivity contribution in [2.45, 2.75) is 45.3 Å². The number of benzene rings is 1. The lowest BCUT2D eigenvalue weighted by Crippen LogP contribution is -2.45. The summed E-state index contributed by atoms with van der Waals surface area (Å²) in [6, 6.07) is 7.57. The van der Waals surface area contributed by atoms with E-state index in [1.54, 1.807) is 6.07 Å². The molecule has 1 aromatic rings. The smallest absolute Gasteiger partial charge is 0.121 e. The first-order valence-electron chi connectivity index (χ1n) is 7.11. The first-order chi connectivity index (χ1) is 8.99. The molecule has 0 radical (unpaired) electrons. The van der Waals surface area contributed by atoms with Crippen LogP contribution in [0.4, 0.5) is 0 Å². The lowest BCUT2D eigenvalue weighted by Gasteiger charge is -2.49. The highest BCUT2D eigenvalue weighted by atomic mass is 16.5. The largest absolute Gasteiger partial charge is 0.508 e. The molecule has 1 heterocycles. The van der Waals surface area contributed by atoms with Crippen LogP contribution in [0.15, 0.2) is 35.9 Å². The molecule has 2 bridgehead atoms. The van der Waals surface area contributed by atoms with Crippen LogP contribution < -0.4 is 0 Å². The Morgan fingerprint density at radius 1 is 1.26 bits per heavy atom. The van der Waals surface area contributed by atoms with Crippen molar-refractivity contribution < 1.29 is 9.84 Å². The van der Waals surface area contributed by atoms with Crippen molar-refractivity contribution in [3.8, 4) is 5.75 Å². The monoisotopic (exact) mass is 258 g/mol. The molecule has 2 nitrogen and oxygen atoms in total. The average molecular weight is 258 g/mol. The summed E-state index contributed by atoms with van der Waals surface area (Å²) < 4.78 is 6.38. The summed E-state index contributed by atoms with van der Waals surface area (Å²) in [6.07, 6.45) is 4.61. The number of hydrogen-bond acceptors (Lipinski definition) is 2. The zero-order chi connectivity index (χ0) is 13.6. The van der Waals surface area contributed by atoms with E-state index in [0.717, 1.165) is 18.4 Å². The van der Waals surface area contributed by atoms with Crippen LogP contribution in [-0.2, 0) is 4.74 Å². The zero-order valence-corrected chi connectivity index (χ0v) is 11.9. The van der Waals surface area contributed by atoms with E-state index in [1.807, 2.05) is 18.2 Å². The number of ether oxygens (including phenoxy) is 1. The van der Waals surface area contributed by atoms with Crippen LogP contribution in [0.2, 0.25) is 0 Å². The zero-order valence-electron chi connectivity index (χ0n) is 11.9. The molecule has 2 heteroatoms. The van der Waals surface area contributed by atoms with Crippen molar-refractivity contribution in [2.75, 3.05) is 0 Å². The molecule has 0 spiro atoms. The maximum absolute atomic E-state index is 10.1. The Morgan fingerprint density at radius 2 is 2.00 bits per heavy atom. The van der Waals surface area contributed by atoms with Gasteiger partial charge in [0.15, 0.2) is 0 Å². The minimum atomic E-state index is -0.124. The summed E-state index contributed by atoms with van der Waals surface area (Å²) in [7, 11) is 0.